The van der Waals surface area contributed by atoms with Gasteiger partial charge < -0.3 is 0 Å². The molecule has 0 radical (unpaired) electrons. The van der Waals surface area contributed by atoms with Crippen LogP contribution in [0, 0.1) is 17.8 Å². The average molecular weight is 128 g/mol. The average Bonchev–Trinajstić information content (AvgIpc) is 2.40. The minimum absolute atomic E-state index is 0.988. The zero-order chi connectivity index (χ0) is 5.56. The molecule has 2 atom stereocenters. The summed E-state index contributed by atoms with van der Waals surface area (Å²) < 4.78 is 0. The molecular formula is C7H12S. The monoisotopic (exact) mass is 128 g/mol. The highest BCUT2D eigenvalue weighted by atomic mass is 32.1. The largest absolute Gasteiger partial charge is 0.179 e. The molecule has 0 aromatic heterocycles. The van der Waals surface area contributed by atoms with Crippen LogP contribution in [-0.4, -0.2) is 5.75 Å². The smallest absolute Gasteiger partial charge is 0.00693 e. The van der Waals surface area contributed by atoms with Crippen LogP contribution in [-0.2, 0) is 0 Å². The number of thiol groups is 1. The summed E-state index contributed by atoms with van der Waals surface area (Å²) in [6, 6.07) is 0. The van der Waals surface area contributed by atoms with Gasteiger partial charge in [-0.2, -0.15) is 12.6 Å². The van der Waals surface area contributed by atoms with E-state index in [1.165, 1.54) is 12.8 Å². The Morgan fingerprint density at radius 2 is 1.75 bits per heavy atom. The van der Waals surface area contributed by atoms with E-state index in [0.717, 1.165) is 23.5 Å². The lowest BCUT2D eigenvalue weighted by Crippen LogP contribution is -1.96. The van der Waals surface area contributed by atoms with Gasteiger partial charge in [-0.15, -0.1) is 0 Å². The molecule has 0 saturated heterocycles. The first-order valence-electron chi connectivity index (χ1n) is 3.51. The zero-order valence-corrected chi connectivity index (χ0v) is 5.90. The Kier molecular flexibility index (Phi) is 1.07. The highest BCUT2D eigenvalue weighted by Gasteiger charge is 2.44. The van der Waals surface area contributed by atoms with Crippen molar-refractivity contribution in [1.29, 1.82) is 0 Å². The minimum atomic E-state index is 0.988. The second-order valence-electron chi connectivity index (χ2n) is 3.28. The van der Waals surface area contributed by atoms with E-state index >= 15 is 0 Å². The van der Waals surface area contributed by atoms with Gasteiger partial charge in [0.15, 0.2) is 0 Å². The summed E-state index contributed by atoms with van der Waals surface area (Å²) in [6.45, 7) is 0. The van der Waals surface area contributed by atoms with Gasteiger partial charge in [-0.05, 0) is 42.8 Å². The molecule has 2 aliphatic carbocycles. The third-order valence-electron chi connectivity index (χ3n) is 2.60. The summed E-state index contributed by atoms with van der Waals surface area (Å²) in [5.41, 5.74) is 0. The Balaban J connectivity index is 1.89. The molecule has 0 heterocycles. The number of fused-ring (bicyclic) bond motifs is 1. The summed E-state index contributed by atoms with van der Waals surface area (Å²) in [6.07, 6.45) is 4.53. The van der Waals surface area contributed by atoms with Gasteiger partial charge in [0.05, 0.1) is 0 Å². The van der Waals surface area contributed by atoms with Crippen LogP contribution in [0.5, 0.6) is 0 Å². The zero-order valence-electron chi connectivity index (χ0n) is 5.01. The lowest BCUT2D eigenvalue weighted by atomic mass is 10.1. The molecule has 2 aliphatic rings. The SMILES string of the molecule is SCC1C[C@H]2C[C@@H]2C1. The Labute approximate surface area is 56.1 Å². The maximum atomic E-state index is 4.28. The first-order valence-corrected chi connectivity index (χ1v) is 4.14. The summed E-state index contributed by atoms with van der Waals surface area (Å²) in [7, 11) is 0. The van der Waals surface area contributed by atoms with Crippen molar-refractivity contribution >= 4 is 12.6 Å². The van der Waals surface area contributed by atoms with Gasteiger partial charge in [0.1, 0.15) is 0 Å². The molecule has 0 spiro atoms. The lowest BCUT2D eigenvalue weighted by Gasteiger charge is -2.04. The summed E-state index contributed by atoms with van der Waals surface area (Å²) >= 11 is 4.28. The van der Waals surface area contributed by atoms with Crippen LogP contribution in [0.15, 0.2) is 0 Å². The van der Waals surface area contributed by atoms with Crippen molar-refractivity contribution < 1.29 is 0 Å². The molecule has 2 rings (SSSR count). The topological polar surface area (TPSA) is 0 Å². The van der Waals surface area contributed by atoms with E-state index in [4.69, 9.17) is 0 Å². The standard InChI is InChI=1S/C7H12S/c8-4-5-1-6-3-7(6)2-5/h5-8H,1-4H2/t6-,7-/m0/s1. The van der Waals surface area contributed by atoms with Gasteiger partial charge in [-0.1, -0.05) is 0 Å². The highest BCUT2D eigenvalue weighted by Crippen LogP contribution is 2.54. The molecule has 0 aliphatic heterocycles. The Bertz CT molecular complexity index is 90.6. The number of rotatable bonds is 1. The van der Waals surface area contributed by atoms with Gasteiger partial charge in [0.2, 0.25) is 0 Å². The second kappa shape index (κ2) is 1.66. The van der Waals surface area contributed by atoms with Crippen LogP contribution in [0.3, 0.4) is 0 Å². The van der Waals surface area contributed by atoms with E-state index in [0.29, 0.717) is 0 Å². The van der Waals surface area contributed by atoms with E-state index < -0.39 is 0 Å². The normalized spacial score (nSPS) is 44.6. The highest BCUT2D eigenvalue weighted by molar-refractivity contribution is 7.80. The van der Waals surface area contributed by atoms with E-state index in [1.807, 2.05) is 0 Å². The van der Waals surface area contributed by atoms with Crippen molar-refractivity contribution in [2.24, 2.45) is 17.8 Å². The minimum Gasteiger partial charge on any atom is -0.179 e. The summed E-state index contributed by atoms with van der Waals surface area (Å²) in [5.74, 6) is 4.41. The lowest BCUT2D eigenvalue weighted by molar-refractivity contribution is 0.545. The van der Waals surface area contributed by atoms with Gasteiger partial charge in [0.25, 0.3) is 0 Å². The van der Waals surface area contributed by atoms with Crippen molar-refractivity contribution in [2.45, 2.75) is 19.3 Å². The Morgan fingerprint density at radius 1 is 1.12 bits per heavy atom. The molecule has 1 heteroatoms. The van der Waals surface area contributed by atoms with E-state index in [2.05, 4.69) is 12.6 Å². The first-order chi connectivity index (χ1) is 3.90. The molecular weight excluding hydrogens is 116 g/mol. The maximum Gasteiger partial charge on any atom is -0.00693 e. The van der Waals surface area contributed by atoms with Crippen molar-refractivity contribution in [3.63, 3.8) is 0 Å². The number of hydrogen-bond donors (Lipinski definition) is 1. The fourth-order valence-electron chi connectivity index (χ4n) is 1.99. The van der Waals surface area contributed by atoms with Crippen LogP contribution in [0.4, 0.5) is 0 Å². The third-order valence-corrected chi connectivity index (χ3v) is 3.12. The molecule has 0 amide bonds. The van der Waals surface area contributed by atoms with Gasteiger partial charge in [-0.3, -0.25) is 0 Å². The molecule has 0 unspecified atom stereocenters. The van der Waals surface area contributed by atoms with Gasteiger partial charge in [-0.25, -0.2) is 0 Å². The molecule has 0 nitrogen and oxygen atoms in total. The van der Waals surface area contributed by atoms with E-state index in [1.54, 1.807) is 6.42 Å². The van der Waals surface area contributed by atoms with Crippen LogP contribution in [0.2, 0.25) is 0 Å². The maximum absolute atomic E-state index is 4.28. The molecule has 0 aromatic rings. The fraction of sp³-hybridized carbons (Fsp3) is 1.00. The second-order valence-corrected chi connectivity index (χ2v) is 3.64. The van der Waals surface area contributed by atoms with Crippen LogP contribution in [0.25, 0.3) is 0 Å². The van der Waals surface area contributed by atoms with Crippen molar-refractivity contribution in [3.8, 4) is 0 Å². The third kappa shape index (κ3) is 0.680. The van der Waals surface area contributed by atoms with E-state index in [-0.39, 0.29) is 0 Å². The van der Waals surface area contributed by atoms with Crippen molar-refractivity contribution in [1.82, 2.24) is 0 Å². The molecule has 8 heavy (non-hydrogen) atoms. The predicted octanol–water partition coefficient (Wildman–Crippen LogP) is 1.96. The molecule has 2 fully saturated rings. The molecule has 46 valence electrons. The molecule has 2 saturated carbocycles. The van der Waals surface area contributed by atoms with Crippen LogP contribution >= 0.6 is 12.6 Å². The molecule has 0 N–H and O–H groups in total. The van der Waals surface area contributed by atoms with Gasteiger partial charge in [0, 0.05) is 0 Å². The Morgan fingerprint density at radius 3 is 2.12 bits per heavy atom. The quantitative estimate of drug-likeness (QED) is 0.513. The number of hydrogen-bond acceptors (Lipinski definition) is 1. The summed E-state index contributed by atoms with van der Waals surface area (Å²) in [4.78, 5) is 0. The van der Waals surface area contributed by atoms with Crippen molar-refractivity contribution in [2.75, 3.05) is 5.75 Å². The summed E-state index contributed by atoms with van der Waals surface area (Å²) in [5, 5.41) is 0. The first kappa shape index (κ1) is 5.16. The molecule has 0 aromatic carbocycles. The molecule has 0 bridgehead atoms. The van der Waals surface area contributed by atoms with Crippen LogP contribution < -0.4 is 0 Å². The Hall–Kier alpha value is 0.350. The van der Waals surface area contributed by atoms with Crippen molar-refractivity contribution in [3.05, 3.63) is 0 Å². The van der Waals surface area contributed by atoms with Crippen LogP contribution in [0.1, 0.15) is 19.3 Å². The fourth-order valence-corrected chi connectivity index (χ4v) is 2.29. The predicted molar refractivity (Wildman–Crippen MR) is 38.2 cm³/mol. The van der Waals surface area contributed by atoms with Gasteiger partial charge >= 0.3 is 0 Å². The van der Waals surface area contributed by atoms with E-state index in [9.17, 15) is 0 Å².